The number of aryl methyl sites for hydroxylation is 1. The number of aliphatic hydroxyl groups is 1. The van der Waals surface area contributed by atoms with Crippen molar-refractivity contribution in [2.24, 2.45) is 0 Å². The van der Waals surface area contributed by atoms with Gasteiger partial charge in [-0.2, -0.15) is 0 Å². The number of nitrogens with zero attached hydrogens (tertiary/aromatic N) is 2. The summed E-state index contributed by atoms with van der Waals surface area (Å²) in [5, 5.41) is 15.8. The van der Waals surface area contributed by atoms with Gasteiger partial charge in [-0.25, -0.2) is 9.78 Å². The molecule has 2 amide bonds. The molecule has 0 spiro atoms. The first-order chi connectivity index (χ1) is 11.6. The van der Waals surface area contributed by atoms with Gasteiger partial charge in [0.15, 0.2) is 5.13 Å². The van der Waals surface area contributed by atoms with E-state index in [1.165, 1.54) is 11.3 Å². The van der Waals surface area contributed by atoms with Crippen molar-refractivity contribution in [3.63, 3.8) is 0 Å². The van der Waals surface area contributed by atoms with Gasteiger partial charge in [-0.15, -0.1) is 11.3 Å². The van der Waals surface area contributed by atoms with Crippen molar-refractivity contribution in [3.8, 4) is 0 Å². The van der Waals surface area contributed by atoms with Gasteiger partial charge in [-0.05, 0) is 31.9 Å². The Bertz CT molecular complexity index is 656. The second-order valence-corrected chi connectivity index (χ2v) is 7.05. The minimum absolute atomic E-state index is 0.00587. The van der Waals surface area contributed by atoms with Crippen molar-refractivity contribution in [2.45, 2.75) is 51.2 Å². The predicted octanol–water partition coefficient (Wildman–Crippen LogP) is 3.94. The fourth-order valence-corrected chi connectivity index (χ4v) is 3.80. The molecule has 2 aromatic heterocycles. The molecule has 7 heteroatoms. The summed E-state index contributed by atoms with van der Waals surface area (Å²) in [6.07, 6.45) is 5.39. The zero-order valence-corrected chi connectivity index (χ0v) is 14.6. The van der Waals surface area contributed by atoms with Crippen molar-refractivity contribution >= 4 is 22.5 Å². The quantitative estimate of drug-likeness (QED) is 0.876. The van der Waals surface area contributed by atoms with E-state index in [1.54, 1.807) is 18.4 Å². The van der Waals surface area contributed by atoms with E-state index in [0.29, 0.717) is 23.9 Å². The number of nitrogens with one attached hydrogen (secondary N) is 1. The SMILES string of the molecule is Cc1csc(NC(=O)N2CCCCCC2CC(O)c2ccco2)n1. The van der Waals surface area contributed by atoms with Crippen LogP contribution in [0.1, 0.15) is 49.7 Å². The maximum Gasteiger partial charge on any atom is 0.323 e. The van der Waals surface area contributed by atoms with Crippen LogP contribution >= 0.6 is 11.3 Å². The van der Waals surface area contributed by atoms with Gasteiger partial charge >= 0.3 is 6.03 Å². The standard InChI is InChI=1S/C17H23N3O3S/c1-12-11-24-16(18-12)19-17(22)20-8-4-2-3-6-13(20)10-14(21)15-7-5-9-23-15/h5,7,9,11,13-14,21H,2-4,6,8,10H2,1H3,(H,18,19,22). The Morgan fingerprint density at radius 1 is 1.54 bits per heavy atom. The molecule has 1 aliphatic rings. The van der Waals surface area contributed by atoms with Crippen LogP contribution in [0.25, 0.3) is 0 Å². The average molecular weight is 349 g/mol. The number of thiazole rings is 1. The first-order valence-corrected chi connectivity index (χ1v) is 9.22. The molecule has 0 bridgehead atoms. The van der Waals surface area contributed by atoms with Crippen LogP contribution in [0.4, 0.5) is 9.93 Å². The Labute approximate surface area is 145 Å². The molecule has 1 fully saturated rings. The van der Waals surface area contributed by atoms with E-state index < -0.39 is 6.10 Å². The van der Waals surface area contributed by atoms with Gasteiger partial charge in [0.05, 0.1) is 12.0 Å². The molecule has 2 unspecified atom stereocenters. The fourth-order valence-electron chi connectivity index (χ4n) is 3.12. The number of hydrogen-bond acceptors (Lipinski definition) is 5. The third kappa shape index (κ3) is 4.15. The second-order valence-electron chi connectivity index (χ2n) is 6.19. The first kappa shape index (κ1) is 17.0. The number of carbonyl (C=O) groups is 1. The Morgan fingerprint density at radius 3 is 3.12 bits per heavy atom. The molecule has 2 aromatic rings. The lowest BCUT2D eigenvalue weighted by Crippen LogP contribution is -2.43. The maximum absolute atomic E-state index is 12.7. The highest BCUT2D eigenvalue weighted by Gasteiger charge is 2.29. The summed E-state index contributed by atoms with van der Waals surface area (Å²) in [6.45, 7) is 2.60. The minimum atomic E-state index is -0.694. The van der Waals surface area contributed by atoms with E-state index >= 15 is 0 Å². The second kappa shape index (κ2) is 7.81. The number of likely N-dealkylation sites (tertiary alicyclic amines) is 1. The van der Waals surface area contributed by atoms with Crippen molar-refractivity contribution in [2.75, 3.05) is 11.9 Å². The lowest BCUT2D eigenvalue weighted by atomic mass is 10.0. The molecule has 0 aromatic carbocycles. The molecule has 24 heavy (non-hydrogen) atoms. The highest BCUT2D eigenvalue weighted by atomic mass is 32.1. The molecule has 2 atom stereocenters. The van der Waals surface area contributed by atoms with Crippen LogP contribution in [0.2, 0.25) is 0 Å². The third-order valence-corrected chi connectivity index (χ3v) is 5.21. The van der Waals surface area contributed by atoms with Crippen LogP contribution in [0.3, 0.4) is 0 Å². The Morgan fingerprint density at radius 2 is 2.42 bits per heavy atom. The molecule has 0 saturated carbocycles. The summed E-state index contributed by atoms with van der Waals surface area (Å²) in [7, 11) is 0. The Balaban J connectivity index is 1.68. The normalized spacial score (nSPS) is 19.8. The number of amides is 2. The zero-order valence-electron chi connectivity index (χ0n) is 13.8. The summed E-state index contributed by atoms with van der Waals surface area (Å²) in [5.41, 5.74) is 0.899. The van der Waals surface area contributed by atoms with Gasteiger partial charge in [-0.3, -0.25) is 5.32 Å². The van der Waals surface area contributed by atoms with Crippen molar-refractivity contribution in [3.05, 3.63) is 35.2 Å². The lowest BCUT2D eigenvalue weighted by Gasteiger charge is -2.31. The number of carbonyl (C=O) groups excluding carboxylic acids is 1. The zero-order chi connectivity index (χ0) is 16.9. The molecule has 3 heterocycles. The summed E-state index contributed by atoms with van der Waals surface area (Å²) in [4.78, 5) is 18.8. The number of aromatic nitrogens is 1. The Kier molecular flexibility index (Phi) is 5.52. The molecule has 6 nitrogen and oxygen atoms in total. The summed E-state index contributed by atoms with van der Waals surface area (Å²) in [5.74, 6) is 0.551. The molecule has 1 aliphatic heterocycles. The monoisotopic (exact) mass is 349 g/mol. The van der Waals surface area contributed by atoms with E-state index in [1.807, 2.05) is 17.2 Å². The minimum Gasteiger partial charge on any atom is -0.467 e. The fraction of sp³-hybridized carbons (Fsp3) is 0.529. The van der Waals surface area contributed by atoms with Gasteiger partial charge in [-0.1, -0.05) is 12.8 Å². The molecule has 1 saturated heterocycles. The van der Waals surface area contributed by atoms with Gasteiger partial charge in [0.1, 0.15) is 11.9 Å². The molecule has 0 aliphatic carbocycles. The highest BCUT2D eigenvalue weighted by molar-refractivity contribution is 7.13. The molecule has 0 radical (unpaired) electrons. The number of hydrogen-bond donors (Lipinski definition) is 2. The van der Waals surface area contributed by atoms with Crippen LogP contribution < -0.4 is 5.32 Å². The van der Waals surface area contributed by atoms with Gasteiger partial charge in [0.25, 0.3) is 0 Å². The first-order valence-electron chi connectivity index (χ1n) is 8.34. The Hall–Kier alpha value is -1.86. The number of urea groups is 1. The molecular weight excluding hydrogens is 326 g/mol. The van der Waals surface area contributed by atoms with Crippen LogP contribution in [0, 0.1) is 6.92 Å². The summed E-state index contributed by atoms with van der Waals surface area (Å²) >= 11 is 1.43. The van der Waals surface area contributed by atoms with E-state index in [2.05, 4.69) is 10.3 Å². The topological polar surface area (TPSA) is 78.6 Å². The smallest absolute Gasteiger partial charge is 0.323 e. The van der Waals surface area contributed by atoms with E-state index in [-0.39, 0.29) is 12.1 Å². The van der Waals surface area contributed by atoms with Crippen LogP contribution in [-0.2, 0) is 0 Å². The number of aliphatic hydroxyl groups excluding tert-OH is 1. The van der Waals surface area contributed by atoms with E-state index in [0.717, 1.165) is 31.4 Å². The molecule has 3 rings (SSSR count). The average Bonchev–Trinajstić information content (AvgIpc) is 3.16. The maximum atomic E-state index is 12.7. The number of furan rings is 1. The van der Waals surface area contributed by atoms with Crippen molar-refractivity contribution in [1.82, 2.24) is 9.88 Å². The predicted molar refractivity (Wildman–Crippen MR) is 93.1 cm³/mol. The van der Waals surface area contributed by atoms with Crippen LogP contribution in [0.5, 0.6) is 0 Å². The third-order valence-electron chi connectivity index (χ3n) is 4.34. The van der Waals surface area contributed by atoms with Gasteiger partial charge in [0, 0.05) is 24.4 Å². The number of rotatable bonds is 4. The lowest BCUT2D eigenvalue weighted by molar-refractivity contribution is 0.0987. The molecule has 2 N–H and O–H groups in total. The molecular formula is C17H23N3O3S. The molecule has 130 valence electrons. The van der Waals surface area contributed by atoms with Crippen molar-refractivity contribution in [1.29, 1.82) is 0 Å². The number of anilines is 1. The van der Waals surface area contributed by atoms with Crippen molar-refractivity contribution < 1.29 is 14.3 Å². The summed E-state index contributed by atoms with van der Waals surface area (Å²) < 4.78 is 5.28. The largest absolute Gasteiger partial charge is 0.467 e. The highest BCUT2D eigenvalue weighted by Crippen LogP contribution is 2.27. The van der Waals surface area contributed by atoms with Crippen LogP contribution in [0.15, 0.2) is 28.2 Å². The van der Waals surface area contributed by atoms with E-state index in [9.17, 15) is 9.90 Å². The van der Waals surface area contributed by atoms with Gasteiger partial charge in [0.2, 0.25) is 0 Å². The summed E-state index contributed by atoms with van der Waals surface area (Å²) in [6, 6.07) is 3.39. The van der Waals surface area contributed by atoms with E-state index in [4.69, 9.17) is 4.42 Å². The van der Waals surface area contributed by atoms with Crippen LogP contribution in [-0.4, -0.2) is 33.6 Å². The van der Waals surface area contributed by atoms with Gasteiger partial charge < -0.3 is 14.4 Å².